The van der Waals surface area contributed by atoms with Gasteiger partial charge in [-0.05, 0) is 108 Å². The van der Waals surface area contributed by atoms with Gasteiger partial charge in [0, 0.05) is 74.4 Å². The number of para-hydroxylation sites is 1. The largest absolute Gasteiger partial charge is 0.481 e. The molecule has 554 valence electrons. The Balaban J connectivity index is 1.16. The average molecular weight is 1420 g/mol. The second-order valence-corrected chi connectivity index (χ2v) is 25.7. The summed E-state index contributed by atoms with van der Waals surface area (Å²) in [6, 6.07) is -8.49. The molecule has 0 aliphatic carbocycles. The number of amides is 12. The van der Waals surface area contributed by atoms with Crippen molar-refractivity contribution in [2.75, 3.05) is 45.9 Å². The molecule has 37 heteroatoms. The van der Waals surface area contributed by atoms with Gasteiger partial charge in [0.05, 0.1) is 25.9 Å². The number of guanidine groups is 1. The third kappa shape index (κ3) is 23.7. The number of hydrogen-bond donors (Lipinski definition) is 18. The molecule has 3 aliphatic heterocycles. The number of fused-ring (bicyclic) bond motifs is 1. The first-order chi connectivity index (χ1) is 48.1. The summed E-state index contributed by atoms with van der Waals surface area (Å²) in [5, 5.41) is 50.6. The number of H-pyrrole nitrogens is 2. The van der Waals surface area contributed by atoms with Gasteiger partial charge < -0.3 is 111 Å². The number of rotatable bonds is 40. The van der Waals surface area contributed by atoms with Crippen LogP contribution < -0.4 is 71.2 Å². The van der Waals surface area contributed by atoms with Crippen LogP contribution in [-0.4, -0.2) is 246 Å². The summed E-state index contributed by atoms with van der Waals surface area (Å²) in [7, 11) is 0. The smallest absolute Gasteiger partial charge is 0.326 e. The highest BCUT2D eigenvalue weighted by Gasteiger charge is 2.44. The maximum Gasteiger partial charge on any atom is 0.326 e. The van der Waals surface area contributed by atoms with Crippen LogP contribution in [0, 0.1) is 5.92 Å². The molecule has 0 unspecified atom stereocenters. The van der Waals surface area contributed by atoms with E-state index in [2.05, 4.69) is 62.5 Å². The first-order valence-electron chi connectivity index (χ1n) is 33.8. The Morgan fingerprint density at radius 2 is 1.16 bits per heavy atom. The number of aromatic amines is 2. The van der Waals surface area contributed by atoms with Gasteiger partial charge in [-0.2, -0.15) is 0 Å². The van der Waals surface area contributed by atoms with Crippen molar-refractivity contribution < 1.29 is 82.4 Å². The number of imidazole rings is 1. The fourth-order valence-electron chi connectivity index (χ4n) is 12.4. The van der Waals surface area contributed by atoms with Crippen LogP contribution in [0.4, 0.5) is 0 Å². The SMILES string of the molecule is CC(C)C[C@H](NC(=O)CNC(=O)[C@@H]1CCCN1C(=O)[C@H](CCCN=C(N)N)NC(=O)[C@@H]1CCCN1C(=O)[C@H](CCC(N)=O)NC(=O)[C@H](CC(=O)O)NC(=O)[C@H](Cc1c[nH]c2ccccc12)NC(=O)[C@H](Cc1cnc[nH]1)NC(=O)[C@@H](N)CO)C(=O)N[C@@H](CCCCN)C(=O)N1CCC[C@H]1C(=O)O. The van der Waals surface area contributed by atoms with Crippen LogP contribution >= 0.6 is 0 Å². The molecule has 37 nitrogen and oxygen atoms in total. The maximum atomic E-state index is 14.8. The van der Waals surface area contributed by atoms with Crippen LogP contribution in [-0.2, 0) is 80.0 Å². The molecular weight excluding hydrogens is 1320 g/mol. The van der Waals surface area contributed by atoms with Crippen molar-refractivity contribution in [2.45, 2.75) is 189 Å². The minimum Gasteiger partial charge on any atom is -0.481 e. The van der Waals surface area contributed by atoms with Crippen LogP contribution in [0.15, 0.2) is 48.0 Å². The zero-order valence-corrected chi connectivity index (χ0v) is 56.6. The Morgan fingerprint density at radius 1 is 0.624 bits per heavy atom. The number of benzene rings is 1. The summed E-state index contributed by atoms with van der Waals surface area (Å²) in [5.41, 5.74) is 29.6. The summed E-state index contributed by atoms with van der Waals surface area (Å²) in [6.07, 6.45) is 4.27. The number of carbonyl (C=O) groups excluding carboxylic acids is 12. The number of nitrogens with two attached hydrogens (primary N) is 5. The van der Waals surface area contributed by atoms with E-state index in [4.69, 9.17) is 28.7 Å². The van der Waals surface area contributed by atoms with E-state index in [9.17, 15) is 82.4 Å². The summed E-state index contributed by atoms with van der Waals surface area (Å²) < 4.78 is 0. The van der Waals surface area contributed by atoms with E-state index in [1.165, 1.54) is 22.3 Å². The minimum atomic E-state index is -1.99. The van der Waals surface area contributed by atoms with E-state index >= 15 is 0 Å². The second kappa shape index (κ2) is 38.9. The van der Waals surface area contributed by atoms with Gasteiger partial charge in [0.2, 0.25) is 70.9 Å². The van der Waals surface area contributed by atoms with Crippen LogP contribution in [0.25, 0.3) is 10.9 Å². The number of likely N-dealkylation sites (tertiary alicyclic amines) is 3. The number of aliphatic hydroxyl groups excluding tert-OH is 1. The number of carboxylic acid groups (broad SMARTS) is 2. The number of aliphatic hydroxyl groups is 1. The van der Waals surface area contributed by atoms with Gasteiger partial charge in [-0.3, -0.25) is 67.3 Å². The summed E-state index contributed by atoms with van der Waals surface area (Å²) in [6.45, 7) is 2.60. The van der Waals surface area contributed by atoms with E-state index < -0.39 is 182 Å². The lowest BCUT2D eigenvalue weighted by Gasteiger charge is -2.32. The number of aliphatic imine (C=N–C) groups is 1. The van der Waals surface area contributed by atoms with Gasteiger partial charge in [-0.1, -0.05) is 32.0 Å². The molecule has 5 heterocycles. The molecule has 0 radical (unpaired) electrons. The van der Waals surface area contributed by atoms with Crippen molar-refractivity contribution in [1.29, 1.82) is 0 Å². The van der Waals surface area contributed by atoms with Crippen LogP contribution in [0.5, 0.6) is 0 Å². The van der Waals surface area contributed by atoms with Crippen molar-refractivity contribution in [3.63, 3.8) is 0 Å². The molecule has 11 atom stereocenters. The molecule has 3 aromatic rings. The topological polar surface area (TPSA) is 593 Å². The lowest BCUT2D eigenvalue weighted by molar-refractivity contribution is -0.149. The highest BCUT2D eigenvalue weighted by atomic mass is 16.4. The molecule has 101 heavy (non-hydrogen) atoms. The highest BCUT2D eigenvalue weighted by Crippen LogP contribution is 2.25. The first kappa shape index (κ1) is 79.7. The zero-order valence-electron chi connectivity index (χ0n) is 56.6. The average Bonchev–Trinajstić information content (AvgIpc) is 1.67. The normalized spacial score (nSPS) is 18.2. The fourth-order valence-corrected chi connectivity index (χ4v) is 12.4. The number of aromatic nitrogens is 3. The number of carbonyl (C=O) groups is 14. The lowest BCUT2D eigenvalue weighted by atomic mass is 10.0. The Hall–Kier alpha value is -10.3. The number of aliphatic carboxylic acids is 2. The zero-order chi connectivity index (χ0) is 74.0. The fraction of sp³-hybridized carbons (Fsp3) is 0.594. The summed E-state index contributed by atoms with van der Waals surface area (Å²) in [4.78, 5) is 210. The van der Waals surface area contributed by atoms with Crippen molar-refractivity contribution in [1.82, 2.24) is 72.2 Å². The molecule has 6 rings (SSSR count). The Labute approximate surface area is 581 Å². The first-order valence-corrected chi connectivity index (χ1v) is 33.8. The van der Waals surface area contributed by atoms with E-state index in [1.807, 2.05) is 0 Å². The van der Waals surface area contributed by atoms with Crippen molar-refractivity contribution in [2.24, 2.45) is 39.6 Å². The quantitative estimate of drug-likeness (QED) is 0.0143. The van der Waals surface area contributed by atoms with Gasteiger partial charge in [0.15, 0.2) is 5.96 Å². The van der Waals surface area contributed by atoms with E-state index in [1.54, 1.807) is 44.3 Å². The molecule has 1 aromatic carbocycles. The number of nitrogens with zero attached hydrogens (tertiary/aromatic N) is 5. The number of hydrogen-bond acceptors (Lipinski definition) is 19. The number of unbranched alkanes of at least 4 members (excludes halogenated alkanes) is 1. The molecular formula is C64H96N20O17. The molecule has 0 spiro atoms. The second-order valence-electron chi connectivity index (χ2n) is 25.7. The van der Waals surface area contributed by atoms with Crippen LogP contribution in [0.3, 0.4) is 0 Å². The molecule has 12 amide bonds. The number of nitrogens with one attached hydrogen (secondary N) is 10. The summed E-state index contributed by atoms with van der Waals surface area (Å²) >= 11 is 0. The van der Waals surface area contributed by atoms with Crippen LogP contribution in [0.2, 0.25) is 0 Å². The van der Waals surface area contributed by atoms with Gasteiger partial charge in [-0.25, -0.2) is 9.78 Å². The third-order valence-electron chi connectivity index (χ3n) is 17.6. The highest BCUT2D eigenvalue weighted by molar-refractivity contribution is 6.00. The predicted octanol–water partition coefficient (Wildman–Crippen LogP) is -5.47. The standard InChI is InChI=1S/C64H96N20O17/c1-34(2)25-43(54(91)76-40(13-5-6-20-65)61(98)84-24-10-17-49(84)63(100)101)75-51(87)31-73-58(95)47-15-8-22-82(47)60(97)41(14-7-21-71-64(68)69)78-59(96)48-16-9-23-83(48)62(99)42(18-19-50(67)86)77-57(94)46(28-52(88)89)81-55(92)44(26-35-29-72-39-12-4-3-11-37(35)39)80-56(93)45(27-36-30-70-33-74-36)79-53(90)38(66)32-85/h3-4,11-12,29-30,33-34,38,40-49,72,85H,5-10,13-28,31-32,65-66H2,1-2H3,(H2,67,86)(H,70,74)(H,73,95)(H,75,87)(H,76,91)(H,77,94)(H,78,96)(H,79,90)(H,80,93)(H,81,92)(H,88,89)(H,100,101)(H4,68,69,71)/t38-,40-,41-,42-,43-,44-,45-,46-,47-,48-,49-/m0/s1. The van der Waals surface area contributed by atoms with E-state index in [0.29, 0.717) is 54.4 Å². The molecule has 3 aliphatic rings. The van der Waals surface area contributed by atoms with Crippen molar-refractivity contribution in [3.05, 3.63) is 54.2 Å². The lowest BCUT2D eigenvalue weighted by Crippen LogP contribution is -2.61. The van der Waals surface area contributed by atoms with Crippen molar-refractivity contribution in [3.8, 4) is 0 Å². The number of primary amides is 1. The molecule has 0 bridgehead atoms. The molecule has 3 saturated heterocycles. The Morgan fingerprint density at radius 3 is 1.73 bits per heavy atom. The molecule has 2 aromatic heterocycles. The summed E-state index contributed by atoms with van der Waals surface area (Å²) in [5.74, 6) is -13.6. The van der Waals surface area contributed by atoms with Gasteiger partial charge in [0.25, 0.3) is 0 Å². The predicted molar refractivity (Wildman–Crippen MR) is 361 cm³/mol. The van der Waals surface area contributed by atoms with Gasteiger partial charge in [-0.15, -0.1) is 0 Å². The van der Waals surface area contributed by atoms with E-state index in [-0.39, 0.29) is 102 Å². The Kier molecular flexibility index (Phi) is 30.7. The Bertz CT molecular complexity index is 3450. The maximum absolute atomic E-state index is 14.8. The van der Waals surface area contributed by atoms with Gasteiger partial charge in [0.1, 0.15) is 66.5 Å². The van der Waals surface area contributed by atoms with Gasteiger partial charge >= 0.3 is 11.9 Å². The molecule has 3 fully saturated rings. The van der Waals surface area contributed by atoms with Crippen LogP contribution in [0.1, 0.15) is 121 Å². The third-order valence-corrected chi connectivity index (χ3v) is 17.6. The minimum absolute atomic E-state index is 0.00177. The van der Waals surface area contributed by atoms with Crippen molar-refractivity contribution >= 4 is 99.7 Å². The molecule has 23 N–H and O–H groups in total. The molecule has 0 saturated carbocycles. The van der Waals surface area contributed by atoms with E-state index in [0.717, 1.165) is 4.90 Å². The number of carboxylic acids is 2. The monoisotopic (exact) mass is 1420 g/mol.